The summed E-state index contributed by atoms with van der Waals surface area (Å²) in [4.78, 5) is 28.8. The van der Waals surface area contributed by atoms with Crippen LogP contribution in [-0.2, 0) is 14.3 Å². The minimum Gasteiger partial charge on any atom is -0.491 e. The molecular formula is C22H25NO6. The number of ether oxygens (including phenoxy) is 3. The Morgan fingerprint density at radius 3 is 2.69 bits per heavy atom. The number of esters is 1. The first-order valence-electron chi connectivity index (χ1n) is 9.20. The molecule has 0 saturated heterocycles. The highest BCUT2D eigenvalue weighted by Crippen LogP contribution is 2.32. The molecule has 7 nitrogen and oxygen atoms in total. The van der Waals surface area contributed by atoms with Crippen molar-refractivity contribution >= 4 is 11.8 Å². The molecule has 0 aliphatic heterocycles. The van der Waals surface area contributed by atoms with Crippen molar-refractivity contribution in [1.29, 1.82) is 0 Å². The molecule has 2 rings (SSSR count). The fourth-order valence-corrected chi connectivity index (χ4v) is 2.69. The number of methoxy groups -OCH3 is 1. The molecule has 0 aliphatic carbocycles. The van der Waals surface area contributed by atoms with E-state index >= 15 is 0 Å². The van der Waals surface area contributed by atoms with Gasteiger partial charge in [-0.3, -0.25) is 9.78 Å². The van der Waals surface area contributed by atoms with Gasteiger partial charge in [-0.1, -0.05) is 24.8 Å². The summed E-state index contributed by atoms with van der Waals surface area (Å²) in [6, 6.07) is 10.3. The number of nitrogens with zero attached hydrogens (tertiary/aromatic N) is 1. The summed E-state index contributed by atoms with van der Waals surface area (Å²) in [7, 11) is 1.49. The Hall–Kier alpha value is -3.03. The first-order valence-corrected chi connectivity index (χ1v) is 9.20. The third kappa shape index (κ3) is 6.81. The summed E-state index contributed by atoms with van der Waals surface area (Å²) < 4.78 is 16.2. The number of para-hydroxylation sites is 1. The average molecular weight is 399 g/mol. The second-order valence-corrected chi connectivity index (χ2v) is 6.24. The van der Waals surface area contributed by atoms with Crippen LogP contribution in [0.1, 0.15) is 34.9 Å². The lowest BCUT2D eigenvalue weighted by atomic mass is 10.00. The van der Waals surface area contributed by atoms with Crippen molar-refractivity contribution in [2.75, 3.05) is 26.9 Å². The van der Waals surface area contributed by atoms with Gasteiger partial charge in [-0.25, -0.2) is 4.79 Å². The molecule has 0 amide bonds. The normalized spacial score (nSPS) is 11.5. The van der Waals surface area contributed by atoms with E-state index in [1.165, 1.54) is 13.3 Å². The zero-order valence-corrected chi connectivity index (χ0v) is 16.4. The van der Waals surface area contributed by atoms with Gasteiger partial charge in [-0.15, -0.1) is 0 Å². The van der Waals surface area contributed by atoms with E-state index in [1.54, 1.807) is 42.6 Å². The van der Waals surface area contributed by atoms with Crippen molar-refractivity contribution in [2.24, 2.45) is 0 Å². The Kier molecular flexibility index (Phi) is 9.01. The van der Waals surface area contributed by atoms with Crippen LogP contribution in [0.2, 0.25) is 0 Å². The number of hydrogen-bond donors (Lipinski definition) is 1. The Morgan fingerprint density at radius 2 is 2.00 bits per heavy atom. The summed E-state index contributed by atoms with van der Waals surface area (Å²) in [6.45, 7) is 3.82. The standard InChI is InChI=1S/C22H25NO6/c1-16(15-27-2)19(25)9-10-21(29-22(26)17-6-5-11-23-14-17)18-7-3-4-8-20(18)28-13-12-24/h3-8,11,14,21,24H,1,9-10,12-13,15H2,2H3/t21-/m1/s1. The predicted octanol–water partition coefficient (Wildman–Crippen LogP) is 2.90. The van der Waals surface area contributed by atoms with Crippen molar-refractivity contribution < 1.29 is 28.9 Å². The number of aromatic nitrogens is 1. The fraction of sp³-hybridized carbons (Fsp3) is 0.318. The predicted molar refractivity (Wildman–Crippen MR) is 107 cm³/mol. The molecule has 0 radical (unpaired) electrons. The number of ketones is 1. The number of pyridine rings is 1. The zero-order valence-electron chi connectivity index (χ0n) is 16.4. The maximum Gasteiger partial charge on any atom is 0.340 e. The number of carbonyl (C=O) groups excluding carboxylic acids is 2. The van der Waals surface area contributed by atoms with E-state index in [2.05, 4.69) is 11.6 Å². The van der Waals surface area contributed by atoms with Crippen LogP contribution >= 0.6 is 0 Å². The molecule has 1 aromatic carbocycles. The van der Waals surface area contributed by atoms with Crippen LogP contribution in [0.25, 0.3) is 0 Å². The van der Waals surface area contributed by atoms with E-state index in [-0.39, 0.29) is 38.4 Å². The number of benzene rings is 1. The van der Waals surface area contributed by atoms with Gasteiger partial charge in [-0.2, -0.15) is 0 Å². The molecule has 29 heavy (non-hydrogen) atoms. The molecule has 0 spiro atoms. The number of aliphatic hydroxyl groups is 1. The maximum absolute atomic E-state index is 12.6. The summed E-state index contributed by atoms with van der Waals surface area (Å²) >= 11 is 0. The lowest BCUT2D eigenvalue weighted by Crippen LogP contribution is -2.16. The molecule has 2 aromatic rings. The molecule has 7 heteroatoms. The van der Waals surface area contributed by atoms with E-state index in [1.807, 2.05) is 0 Å². The van der Waals surface area contributed by atoms with Gasteiger partial charge in [0, 0.05) is 37.1 Å². The smallest absolute Gasteiger partial charge is 0.340 e. The Morgan fingerprint density at radius 1 is 1.21 bits per heavy atom. The Bertz CT molecular complexity index is 821. The topological polar surface area (TPSA) is 95.0 Å². The lowest BCUT2D eigenvalue weighted by molar-refractivity contribution is -0.116. The van der Waals surface area contributed by atoms with Crippen LogP contribution in [0.5, 0.6) is 5.75 Å². The number of rotatable bonds is 12. The molecule has 0 saturated carbocycles. The molecule has 1 heterocycles. The first-order chi connectivity index (χ1) is 14.1. The van der Waals surface area contributed by atoms with Crippen LogP contribution in [0, 0.1) is 0 Å². The first kappa shape index (κ1) is 22.3. The monoisotopic (exact) mass is 399 g/mol. The van der Waals surface area contributed by atoms with Gasteiger partial charge in [0.05, 0.1) is 18.8 Å². The third-order valence-corrected chi connectivity index (χ3v) is 4.11. The average Bonchev–Trinajstić information content (AvgIpc) is 2.75. The van der Waals surface area contributed by atoms with Crippen molar-refractivity contribution in [2.45, 2.75) is 18.9 Å². The Balaban J connectivity index is 2.22. The van der Waals surface area contributed by atoms with E-state index in [0.29, 0.717) is 22.4 Å². The van der Waals surface area contributed by atoms with Crippen LogP contribution in [0.4, 0.5) is 0 Å². The largest absolute Gasteiger partial charge is 0.491 e. The highest BCUT2D eigenvalue weighted by atomic mass is 16.5. The summed E-state index contributed by atoms with van der Waals surface area (Å²) in [5.41, 5.74) is 1.28. The highest BCUT2D eigenvalue weighted by Gasteiger charge is 2.23. The second-order valence-electron chi connectivity index (χ2n) is 6.24. The molecule has 1 N–H and O–H groups in total. The highest BCUT2D eigenvalue weighted by molar-refractivity contribution is 5.95. The zero-order chi connectivity index (χ0) is 21.1. The molecule has 1 atom stereocenters. The molecule has 0 aliphatic rings. The lowest BCUT2D eigenvalue weighted by Gasteiger charge is -2.21. The minimum absolute atomic E-state index is 0.101. The van der Waals surface area contributed by atoms with E-state index < -0.39 is 12.1 Å². The van der Waals surface area contributed by atoms with Gasteiger partial charge in [0.25, 0.3) is 0 Å². The number of aliphatic hydroxyl groups excluding tert-OH is 1. The van der Waals surface area contributed by atoms with Crippen molar-refractivity contribution in [3.05, 3.63) is 72.1 Å². The summed E-state index contributed by atoms with van der Waals surface area (Å²) in [5, 5.41) is 9.06. The quantitative estimate of drug-likeness (QED) is 0.433. The van der Waals surface area contributed by atoms with Crippen molar-refractivity contribution in [1.82, 2.24) is 4.98 Å². The van der Waals surface area contributed by atoms with E-state index in [0.717, 1.165) is 0 Å². The van der Waals surface area contributed by atoms with Gasteiger partial charge in [0.15, 0.2) is 5.78 Å². The Labute approximate surface area is 169 Å². The summed E-state index contributed by atoms with van der Waals surface area (Å²) in [5.74, 6) is -0.236. The van der Waals surface area contributed by atoms with Crippen molar-refractivity contribution in [3.8, 4) is 5.75 Å². The second kappa shape index (κ2) is 11.7. The van der Waals surface area contributed by atoms with Gasteiger partial charge in [0.1, 0.15) is 18.5 Å². The van der Waals surface area contributed by atoms with Gasteiger partial charge in [0.2, 0.25) is 0 Å². The van der Waals surface area contributed by atoms with Crippen molar-refractivity contribution in [3.63, 3.8) is 0 Å². The summed E-state index contributed by atoms with van der Waals surface area (Å²) in [6.07, 6.45) is 2.62. The molecular weight excluding hydrogens is 374 g/mol. The molecule has 0 unspecified atom stereocenters. The van der Waals surface area contributed by atoms with E-state index in [4.69, 9.17) is 19.3 Å². The molecule has 1 aromatic heterocycles. The van der Waals surface area contributed by atoms with Gasteiger partial charge < -0.3 is 19.3 Å². The number of Topliss-reactive ketones (excluding diaryl/α,β-unsaturated/α-hetero) is 1. The third-order valence-electron chi connectivity index (χ3n) is 4.11. The van der Waals surface area contributed by atoms with Gasteiger partial charge >= 0.3 is 5.97 Å². The SMILES string of the molecule is C=C(COC)C(=O)CC[C@@H](OC(=O)c1cccnc1)c1ccccc1OCCO. The van der Waals surface area contributed by atoms with E-state index in [9.17, 15) is 9.59 Å². The number of hydrogen-bond acceptors (Lipinski definition) is 7. The molecule has 0 bridgehead atoms. The van der Waals surface area contributed by atoms with Crippen LogP contribution in [-0.4, -0.2) is 48.8 Å². The van der Waals surface area contributed by atoms with Crippen LogP contribution < -0.4 is 4.74 Å². The number of carbonyl (C=O) groups is 2. The van der Waals surface area contributed by atoms with Crippen LogP contribution in [0.15, 0.2) is 60.9 Å². The van der Waals surface area contributed by atoms with Crippen LogP contribution in [0.3, 0.4) is 0 Å². The molecule has 0 fully saturated rings. The maximum atomic E-state index is 12.6. The minimum atomic E-state index is -0.725. The van der Waals surface area contributed by atoms with Gasteiger partial charge in [-0.05, 0) is 24.6 Å². The fourth-order valence-electron chi connectivity index (χ4n) is 2.69. The molecule has 154 valence electrons.